The molecular formula is C22H20N4O. The van der Waals surface area contributed by atoms with Gasteiger partial charge in [-0.25, -0.2) is 0 Å². The van der Waals surface area contributed by atoms with E-state index >= 15 is 0 Å². The first-order valence-corrected chi connectivity index (χ1v) is 8.94. The normalized spacial score (nSPS) is 12.2. The van der Waals surface area contributed by atoms with E-state index in [0.717, 1.165) is 16.8 Å². The fourth-order valence-electron chi connectivity index (χ4n) is 3.30. The van der Waals surface area contributed by atoms with Crippen LogP contribution in [0, 0.1) is 0 Å². The first-order chi connectivity index (χ1) is 13.2. The Labute approximate surface area is 157 Å². The average Bonchev–Trinajstić information content (AvgIpc) is 3.14. The van der Waals surface area contributed by atoms with E-state index in [2.05, 4.69) is 15.5 Å². The number of aromatic nitrogens is 3. The summed E-state index contributed by atoms with van der Waals surface area (Å²) >= 11 is 0. The molecule has 2 aromatic carbocycles. The van der Waals surface area contributed by atoms with Crippen molar-refractivity contribution in [1.29, 1.82) is 0 Å². The van der Waals surface area contributed by atoms with Crippen molar-refractivity contribution < 1.29 is 4.79 Å². The van der Waals surface area contributed by atoms with Gasteiger partial charge in [-0.1, -0.05) is 66.7 Å². The Morgan fingerprint density at radius 1 is 0.852 bits per heavy atom. The Morgan fingerprint density at radius 2 is 1.44 bits per heavy atom. The monoisotopic (exact) mass is 356 g/mol. The number of nitrogens with zero attached hydrogens (tertiary/aromatic N) is 3. The molecule has 0 aliphatic carbocycles. The van der Waals surface area contributed by atoms with Crippen molar-refractivity contribution in [1.82, 2.24) is 19.9 Å². The Balaban J connectivity index is 1.64. The molecule has 0 aliphatic rings. The van der Waals surface area contributed by atoms with Crippen molar-refractivity contribution in [2.24, 2.45) is 0 Å². The van der Waals surface area contributed by atoms with Gasteiger partial charge in [0.05, 0.1) is 12.0 Å². The molecule has 0 aliphatic heterocycles. The molecular weight excluding hydrogens is 336 g/mol. The predicted octanol–water partition coefficient (Wildman–Crippen LogP) is 3.74. The highest BCUT2D eigenvalue weighted by atomic mass is 16.2. The van der Waals surface area contributed by atoms with Gasteiger partial charge in [-0.15, -0.1) is 10.2 Å². The van der Waals surface area contributed by atoms with Crippen molar-refractivity contribution in [3.63, 3.8) is 0 Å². The number of carbonyl (C=O) groups excluding carboxylic acids is 1. The number of hydrogen-bond donors (Lipinski definition) is 1. The molecule has 1 unspecified atom stereocenters. The molecule has 1 N–H and O–H groups in total. The minimum atomic E-state index is -0.381. The third-order valence-corrected chi connectivity index (χ3v) is 4.61. The number of rotatable bonds is 5. The smallest absolute Gasteiger partial charge is 0.232 e. The van der Waals surface area contributed by atoms with Gasteiger partial charge in [-0.3, -0.25) is 9.20 Å². The zero-order valence-corrected chi connectivity index (χ0v) is 15.0. The second-order valence-corrected chi connectivity index (χ2v) is 6.47. The number of carbonyl (C=O) groups is 1. The van der Waals surface area contributed by atoms with E-state index < -0.39 is 0 Å². The lowest BCUT2D eigenvalue weighted by Crippen LogP contribution is -2.33. The van der Waals surface area contributed by atoms with Crippen molar-refractivity contribution in [3.05, 3.63) is 102 Å². The van der Waals surface area contributed by atoms with Crippen molar-refractivity contribution in [3.8, 4) is 0 Å². The van der Waals surface area contributed by atoms with Crippen LogP contribution in [0.1, 0.15) is 35.8 Å². The second-order valence-electron chi connectivity index (χ2n) is 6.47. The maximum Gasteiger partial charge on any atom is 0.232 e. The average molecular weight is 356 g/mol. The van der Waals surface area contributed by atoms with Crippen molar-refractivity contribution in [2.45, 2.75) is 18.9 Å². The van der Waals surface area contributed by atoms with Gasteiger partial charge in [0, 0.05) is 6.20 Å². The molecule has 5 nitrogen and oxygen atoms in total. The van der Waals surface area contributed by atoms with E-state index in [1.807, 2.05) is 96.4 Å². The van der Waals surface area contributed by atoms with Crippen LogP contribution >= 0.6 is 0 Å². The molecule has 27 heavy (non-hydrogen) atoms. The highest BCUT2D eigenvalue weighted by Crippen LogP contribution is 2.26. The Morgan fingerprint density at radius 3 is 2.07 bits per heavy atom. The van der Waals surface area contributed by atoms with Gasteiger partial charge in [0.15, 0.2) is 11.5 Å². The van der Waals surface area contributed by atoms with E-state index in [0.29, 0.717) is 5.82 Å². The Kier molecular flexibility index (Phi) is 4.66. The molecule has 1 amide bonds. The van der Waals surface area contributed by atoms with Crippen LogP contribution in [-0.4, -0.2) is 20.5 Å². The fraction of sp³-hybridized carbons (Fsp3) is 0.136. The second kappa shape index (κ2) is 7.41. The van der Waals surface area contributed by atoms with Crippen molar-refractivity contribution in [2.75, 3.05) is 0 Å². The molecule has 4 aromatic rings. The van der Waals surface area contributed by atoms with Gasteiger partial charge in [0.1, 0.15) is 0 Å². The SMILES string of the molecule is CC(NC(=O)C(c1ccccc1)c1ccccc1)c1nnc2ccccn12. The molecule has 5 heteroatoms. The molecule has 0 saturated heterocycles. The molecule has 2 aromatic heterocycles. The van der Waals surface area contributed by atoms with Crippen LogP contribution in [0.5, 0.6) is 0 Å². The number of amides is 1. The molecule has 0 radical (unpaired) electrons. The molecule has 2 heterocycles. The van der Waals surface area contributed by atoms with Crippen LogP contribution < -0.4 is 5.32 Å². The summed E-state index contributed by atoms with van der Waals surface area (Å²) in [5, 5.41) is 11.5. The molecule has 0 spiro atoms. The van der Waals surface area contributed by atoms with Gasteiger partial charge in [-0.2, -0.15) is 0 Å². The highest BCUT2D eigenvalue weighted by molar-refractivity contribution is 5.87. The Bertz CT molecular complexity index is 1000. The Hall–Kier alpha value is -3.47. The molecule has 0 fully saturated rings. The van der Waals surface area contributed by atoms with Gasteiger partial charge < -0.3 is 5.32 Å². The van der Waals surface area contributed by atoms with Crippen LogP contribution in [0.2, 0.25) is 0 Å². The van der Waals surface area contributed by atoms with Gasteiger partial charge in [0.25, 0.3) is 0 Å². The zero-order valence-electron chi connectivity index (χ0n) is 15.0. The largest absolute Gasteiger partial charge is 0.346 e. The third kappa shape index (κ3) is 3.44. The quantitative estimate of drug-likeness (QED) is 0.593. The number of hydrogen-bond acceptors (Lipinski definition) is 3. The predicted molar refractivity (Wildman–Crippen MR) is 104 cm³/mol. The summed E-state index contributed by atoms with van der Waals surface area (Å²) in [6, 6.07) is 25.1. The van der Waals surface area contributed by atoms with E-state index in [4.69, 9.17) is 0 Å². The lowest BCUT2D eigenvalue weighted by atomic mass is 9.90. The van der Waals surface area contributed by atoms with Crippen LogP contribution in [0.4, 0.5) is 0 Å². The summed E-state index contributed by atoms with van der Waals surface area (Å²) < 4.78 is 1.89. The number of nitrogens with one attached hydrogen (secondary N) is 1. The van der Waals surface area contributed by atoms with E-state index in [1.54, 1.807) is 0 Å². The number of pyridine rings is 1. The summed E-state index contributed by atoms with van der Waals surface area (Å²) in [4.78, 5) is 13.2. The van der Waals surface area contributed by atoms with Crippen molar-refractivity contribution >= 4 is 11.6 Å². The number of fused-ring (bicyclic) bond motifs is 1. The van der Waals surface area contributed by atoms with E-state index in [-0.39, 0.29) is 17.9 Å². The summed E-state index contributed by atoms with van der Waals surface area (Å²) in [5.41, 5.74) is 2.68. The summed E-state index contributed by atoms with van der Waals surface area (Å²) in [6.07, 6.45) is 1.90. The van der Waals surface area contributed by atoms with E-state index in [1.165, 1.54) is 0 Å². The number of benzene rings is 2. The summed E-state index contributed by atoms with van der Waals surface area (Å²) in [6.45, 7) is 1.92. The lowest BCUT2D eigenvalue weighted by Gasteiger charge is -2.20. The standard InChI is InChI=1S/C22H20N4O/c1-16(21-25-24-19-14-8-9-15-26(19)21)23-22(27)20(17-10-4-2-5-11-17)18-12-6-3-7-13-18/h2-16,20H,1H3,(H,23,27). The lowest BCUT2D eigenvalue weighted by molar-refractivity contribution is -0.122. The van der Waals surface area contributed by atoms with Crippen LogP contribution in [-0.2, 0) is 4.79 Å². The maximum atomic E-state index is 13.2. The highest BCUT2D eigenvalue weighted by Gasteiger charge is 2.25. The molecule has 0 bridgehead atoms. The van der Waals surface area contributed by atoms with Gasteiger partial charge in [-0.05, 0) is 30.2 Å². The first-order valence-electron chi connectivity index (χ1n) is 8.94. The van der Waals surface area contributed by atoms with Gasteiger partial charge >= 0.3 is 0 Å². The van der Waals surface area contributed by atoms with Crippen LogP contribution in [0.3, 0.4) is 0 Å². The summed E-state index contributed by atoms with van der Waals surface area (Å²) in [5.74, 6) is 0.264. The minimum absolute atomic E-state index is 0.0624. The van der Waals surface area contributed by atoms with Gasteiger partial charge in [0.2, 0.25) is 5.91 Å². The third-order valence-electron chi connectivity index (χ3n) is 4.61. The maximum absolute atomic E-state index is 13.2. The minimum Gasteiger partial charge on any atom is -0.346 e. The summed E-state index contributed by atoms with van der Waals surface area (Å²) in [7, 11) is 0. The van der Waals surface area contributed by atoms with E-state index in [9.17, 15) is 4.79 Å². The first kappa shape index (κ1) is 17.0. The van der Waals surface area contributed by atoms with Crippen LogP contribution in [0.25, 0.3) is 5.65 Å². The van der Waals surface area contributed by atoms with Crippen LogP contribution in [0.15, 0.2) is 85.1 Å². The zero-order chi connectivity index (χ0) is 18.6. The fourth-order valence-corrected chi connectivity index (χ4v) is 3.30. The molecule has 0 saturated carbocycles. The molecule has 134 valence electrons. The topological polar surface area (TPSA) is 59.3 Å². The molecule has 1 atom stereocenters. The molecule has 4 rings (SSSR count).